The molecule has 0 amide bonds. The lowest BCUT2D eigenvalue weighted by molar-refractivity contribution is -0.00297. The first kappa shape index (κ1) is 8.16. The molecule has 1 aromatic carbocycles. The Kier molecular flexibility index (Phi) is 1.96. The fourth-order valence-electron chi connectivity index (χ4n) is 1.15. The summed E-state index contributed by atoms with van der Waals surface area (Å²) in [6.45, 7) is 0. The summed E-state index contributed by atoms with van der Waals surface area (Å²) in [5, 5.41) is 0.152. The van der Waals surface area contributed by atoms with E-state index < -0.39 is 11.1 Å². The molecule has 0 spiro atoms. The van der Waals surface area contributed by atoms with E-state index in [9.17, 15) is 4.21 Å². The van der Waals surface area contributed by atoms with Gasteiger partial charge in [0.1, 0.15) is 5.75 Å². The number of para-hydroxylation sites is 1. The molecule has 0 saturated heterocycles. The highest BCUT2D eigenvalue weighted by molar-refractivity contribution is 7.96. The molecular formula is C8H6N2O2S. The van der Waals surface area contributed by atoms with Crippen molar-refractivity contribution in [2.75, 3.05) is 0 Å². The molecule has 0 saturated carbocycles. The van der Waals surface area contributed by atoms with Gasteiger partial charge in [-0.3, -0.25) is 0 Å². The minimum absolute atomic E-state index is 0.152. The summed E-state index contributed by atoms with van der Waals surface area (Å²) in [5.74, 6) is 0.591. The predicted octanol–water partition coefficient (Wildman–Crippen LogP) is 0.914. The van der Waals surface area contributed by atoms with Gasteiger partial charge in [0.2, 0.25) is 0 Å². The van der Waals surface area contributed by atoms with Gasteiger partial charge in [-0.2, -0.15) is 4.79 Å². The zero-order chi connectivity index (χ0) is 9.26. The topological polar surface area (TPSA) is 62.7 Å². The van der Waals surface area contributed by atoms with Gasteiger partial charge in [-0.1, -0.05) is 18.2 Å². The van der Waals surface area contributed by atoms with Crippen LogP contribution in [0.4, 0.5) is 0 Å². The Morgan fingerprint density at radius 1 is 1.46 bits per heavy atom. The number of benzene rings is 1. The molecule has 13 heavy (non-hydrogen) atoms. The van der Waals surface area contributed by atoms with Crippen molar-refractivity contribution in [1.29, 1.82) is 0 Å². The average molecular weight is 194 g/mol. The lowest BCUT2D eigenvalue weighted by atomic mass is 10.1. The molecule has 0 aromatic heterocycles. The Morgan fingerprint density at radius 3 is 3.00 bits per heavy atom. The first-order valence-corrected chi connectivity index (χ1v) is 4.77. The summed E-state index contributed by atoms with van der Waals surface area (Å²) >= 11 is -1.64. The van der Waals surface area contributed by atoms with E-state index in [1.54, 1.807) is 12.1 Å². The van der Waals surface area contributed by atoms with E-state index in [1.165, 1.54) is 0 Å². The molecule has 1 aliphatic rings. The van der Waals surface area contributed by atoms with Crippen LogP contribution in [0, 0.1) is 0 Å². The quantitative estimate of drug-likeness (QED) is 0.455. The zero-order valence-electron chi connectivity index (χ0n) is 6.64. The fourth-order valence-corrected chi connectivity index (χ4v) is 1.91. The maximum atomic E-state index is 11.2. The second-order valence-electron chi connectivity index (χ2n) is 2.60. The summed E-state index contributed by atoms with van der Waals surface area (Å²) in [5.41, 5.74) is 9.39. The molecule has 1 aromatic rings. The van der Waals surface area contributed by atoms with Crippen molar-refractivity contribution in [2.45, 2.75) is 6.42 Å². The summed E-state index contributed by atoms with van der Waals surface area (Å²) in [7, 11) is 0. The van der Waals surface area contributed by atoms with Crippen molar-refractivity contribution in [3.05, 3.63) is 35.4 Å². The van der Waals surface area contributed by atoms with Gasteiger partial charge in [-0.05, 0) is 6.07 Å². The minimum Gasteiger partial charge on any atom is -0.392 e. The molecule has 66 valence electrons. The van der Waals surface area contributed by atoms with Crippen LogP contribution in [0.25, 0.3) is 5.53 Å². The molecule has 1 unspecified atom stereocenters. The number of hydrogen-bond donors (Lipinski definition) is 0. The van der Waals surface area contributed by atoms with Gasteiger partial charge in [0.05, 0.1) is 6.42 Å². The molecule has 4 nitrogen and oxygen atoms in total. The maximum absolute atomic E-state index is 11.2. The van der Waals surface area contributed by atoms with E-state index in [2.05, 4.69) is 4.79 Å². The average Bonchev–Trinajstić information content (AvgIpc) is 2.17. The number of hydrogen-bond acceptors (Lipinski definition) is 2. The van der Waals surface area contributed by atoms with Gasteiger partial charge in [-0.15, -0.1) is 0 Å². The summed E-state index contributed by atoms with van der Waals surface area (Å²) < 4.78 is 16.2. The van der Waals surface area contributed by atoms with Crippen LogP contribution in [-0.2, 0) is 17.5 Å². The van der Waals surface area contributed by atoms with Crippen LogP contribution < -0.4 is 4.18 Å². The van der Waals surface area contributed by atoms with E-state index in [0.717, 1.165) is 5.56 Å². The fraction of sp³-hybridized carbons (Fsp3) is 0.125. The molecule has 0 aliphatic carbocycles. The van der Waals surface area contributed by atoms with Gasteiger partial charge < -0.3 is 9.71 Å². The van der Waals surface area contributed by atoms with Crippen LogP contribution in [0.3, 0.4) is 0 Å². The van der Waals surface area contributed by atoms with Crippen LogP contribution in [0.5, 0.6) is 5.75 Å². The standard InChI is InChI=1S/C8H6N2O2S/c9-10-8-5-6-3-1-2-4-7(6)12-13(8)11/h1-4H,5H2. The Labute approximate surface area is 77.4 Å². The highest BCUT2D eigenvalue weighted by Crippen LogP contribution is 2.24. The van der Waals surface area contributed by atoms with Crippen molar-refractivity contribution < 1.29 is 13.2 Å². The van der Waals surface area contributed by atoms with Gasteiger partial charge in [0.25, 0.3) is 0 Å². The number of fused-ring (bicyclic) bond motifs is 1. The molecule has 0 radical (unpaired) electrons. The van der Waals surface area contributed by atoms with Crippen LogP contribution in [0.2, 0.25) is 0 Å². The van der Waals surface area contributed by atoms with Crippen molar-refractivity contribution in [3.8, 4) is 5.75 Å². The molecule has 5 heteroatoms. The number of rotatable bonds is 0. The second kappa shape index (κ2) is 3.12. The SMILES string of the molecule is [N-]=[N+]=C1Cc2ccccc2OS1=O. The Balaban J connectivity index is 2.50. The monoisotopic (exact) mass is 194 g/mol. The van der Waals surface area contributed by atoms with Gasteiger partial charge >= 0.3 is 16.1 Å². The Bertz CT molecular complexity index is 424. The third kappa shape index (κ3) is 1.39. The second-order valence-corrected chi connectivity index (χ2v) is 3.70. The lowest BCUT2D eigenvalue weighted by Gasteiger charge is -2.11. The van der Waals surface area contributed by atoms with Gasteiger partial charge in [-0.25, -0.2) is 4.21 Å². The third-order valence-electron chi connectivity index (χ3n) is 1.78. The van der Waals surface area contributed by atoms with Crippen LogP contribution in [0.1, 0.15) is 5.56 Å². The predicted molar refractivity (Wildman–Crippen MR) is 47.5 cm³/mol. The molecule has 1 atom stereocenters. The molecule has 0 fully saturated rings. The highest BCUT2D eigenvalue weighted by Gasteiger charge is 2.28. The van der Waals surface area contributed by atoms with E-state index in [0.29, 0.717) is 12.2 Å². The van der Waals surface area contributed by atoms with E-state index in [-0.39, 0.29) is 5.04 Å². The molecule has 1 aliphatic heterocycles. The largest absolute Gasteiger partial charge is 0.397 e. The minimum atomic E-state index is -1.64. The highest BCUT2D eigenvalue weighted by atomic mass is 32.2. The first-order chi connectivity index (χ1) is 6.31. The lowest BCUT2D eigenvalue weighted by Crippen LogP contribution is -2.22. The smallest absolute Gasteiger partial charge is 0.392 e. The molecular weight excluding hydrogens is 188 g/mol. The van der Waals surface area contributed by atoms with E-state index in [4.69, 9.17) is 9.71 Å². The molecule has 1 heterocycles. The summed E-state index contributed by atoms with van der Waals surface area (Å²) in [6, 6.07) is 7.24. The van der Waals surface area contributed by atoms with Crippen molar-refractivity contribution in [2.24, 2.45) is 0 Å². The van der Waals surface area contributed by atoms with Crippen molar-refractivity contribution >= 4 is 16.1 Å². The maximum Gasteiger partial charge on any atom is 0.397 e. The third-order valence-corrected chi connectivity index (χ3v) is 2.73. The summed E-state index contributed by atoms with van der Waals surface area (Å²) in [4.78, 5) is 2.92. The van der Waals surface area contributed by atoms with Crippen molar-refractivity contribution in [1.82, 2.24) is 0 Å². The van der Waals surface area contributed by atoms with E-state index in [1.807, 2.05) is 12.1 Å². The number of nitrogens with zero attached hydrogens (tertiary/aromatic N) is 2. The summed E-state index contributed by atoms with van der Waals surface area (Å²) in [6.07, 6.45) is 0.374. The molecule has 2 rings (SSSR count). The van der Waals surface area contributed by atoms with E-state index >= 15 is 0 Å². The Hall–Kier alpha value is -1.45. The molecule has 0 bridgehead atoms. The van der Waals surface area contributed by atoms with Gasteiger partial charge in [0.15, 0.2) is 0 Å². The normalized spacial score (nSPS) is 20.0. The van der Waals surface area contributed by atoms with Crippen LogP contribution >= 0.6 is 0 Å². The first-order valence-electron chi connectivity index (χ1n) is 3.70. The van der Waals surface area contributed by atoms with Gasteiger partial charge in [0, 0.05) is 5.56 Å². The zero-order valence-corrected chi connectivity index (χ0v) is 7.45. The van der Waals surface area contributed by atoms with Crippen LogP contribution in [0.15, 0.2) is 24.3 Å². The Morgan fingerprint density at radius 2 is 2.23 bits per heavy atom. The van der Waals surface area contributed by atoms with Crippen LogP contribution in [-0.4, -0.2) is 14.0 Å². The molecule has 0 N–H and O–H groups in total. The van der Waals surface area contributed by atoms with Crippen molar-refractivity contribution in [3.63, 3.8) is 0 Å².